The minimum Gasteiger partial charge on any atom is -0.451 e. The molecule has 128 valence electrons. The molecule has 3 rings (SSSR count). The fraction of sp³-hybridized carbons (Fsp3) is 0.0556. The van der Waals surface area contributed by atoms with Gasteiger partial charge in [-0.2, -0.15) is 13.2 Å². The molecule has 1 aromatic heterocycles. The molecule has 0 aliphatic heterocycles. The van der Waals surface area contributed by atoms with Gasteiger partial charge in [-0.15, -0.1) is 0 Å². The number of halogens is 4. The van der Waals surface area contributed by atoms with Crippen LogP contribution in [0.2, 0.25) is 5.02 Å². The lowest BCUT2D eigenvalue weighted by molar-refractivity contribution is -0.137. The Hall–Kier alpha value is -2.73. The molecule has 0 radical (unpaired) electrons. The van der Waals surface area contributed by atoms with Crippen molar-refractivity contribution in [3.63, 3.8) is 0 Å². The van der Waals surface area contributed by atoms with Gasteiger partial charge in [-0.25, -0.2) is 0 Å². The summed E-state index contributed by atoms with van der Waals surface area (Å²) in [5, 5.41) is 3.06. The van der Waals surface area contributed by atoms with Gasteiger partial charge < -0.3 is 9.73 Å². The molecule has 0 atom stereocenters. The molecule has 0 saturated heterocycles. The standard InChI is InChI=1S/C18H11ClF3NO2/c19-13-5-2-6-14(10-13)23-17(24)16-8-7-15(25-16)11-3-1-4-12(9-11)18(20,21)22/h1-10H,(H,23,24). The van der Waals surface area contributed by atoms with Gasteiger partial charge in [-0.1, -0.05) is 29.8 Å². The second-order valence-electron chi connectivity index (χ2n) is 5.21. The van der Waals surface area contributed by atoms with Crippen molar-refractivity contribution in [2.75, 3.05) is 5.32 Å². The van der Waals surface area contributed by atoms with Gasteiger partial charge in [0.2, 0.25) is 0 Å². The van der Waals surface area contributed by atoms with Crippen LogP contribution in [-0.4, -0.2) is 5.91 Å². The molecule has 7 heteroatoms. The van der Waals surface area contributed by atoms with Crippen LogP contribution in [0.15, 0.2) is 65.1 Å². The second kappa shape index (κ2) is 6.64. The average molecular weight is 366 g/mol. The summed E-state index contributed by atoms with van der Waals surface area (Å²) in [6, 6.07) is 14.1. The van der Waals surface area contributed by atoms with Crippen LogP contribution in [0.5, 0.6) is 0 Å². The van der Waals surface area contributed by atoms with Crippen LogP contribution in [0.3, 0.4) is 0 Å². The third-order valence-corrected chi connectivity index (χ3v) is 3.62. The number of nitrogens with one attached hydrogen (secondary N) is 1. The average Bonchev–Trinajstić information content (AvgIpc) is 3.04. The Morgan fingerprint density at radius 2 is 1.76 bits per heavy atom. The molecule has 2 aromatic carbocycles. The Balaban J connectivity index is 1.82. The predicted octanol–water partition coefficient (Wildman–Crippen LogP) is 5.87. The van der Waals surface area contributed by atoms with E-state index in [9.17, 15) is 18.0 Å². The first-order valence-electron chi connectivity index (χ1n) is 7.17. The fourth-order valence-electron chi connectivity index (χ4n) is 2.22. The molecular formula is C18H11ClF3NO2. The SMILES string of the molecule is O=C(Nc1cccc(Cl)c1)c1ccc(-c2cccc(C(F)(F)F)c2)o1. The van der Waals surface area contributed by atoms with Crippen LogP contribution in [-0.2, 0) is 6.18 Å². The highest BCUT2D eigenvalue weighted by atomic mass is 35.5. The summed E-state index contributed by atoms with van der Waals surface area (Å²) in [6.45, 7) is 0. The van der Waals surface area contributed by atoms with Gasteiger partial charge in [-0.3, -0.25) is 4.79 Å². The second-order valence-corrected chi connectivity index (χ2v) is 5.64. The minimum absolute atomic E-state index is 0.0209. The number of furan rings is 1. The van der Waals surface area contributed by atoms with Crippen molar-refractivity contribution >= 4 is 23.2 Å². The van der Waals surface area contributed by atoms with E-state index in [2.05, 4.69) is 5.32 Å². The molecule has 25 heavy (non-hydrogen) atoms. The van der Waals surface area contributed by atoms with Crippen LogP contribution in [0.1, 0.15) is 16.1 Å². The lowest BCUT2D eigenvalue weighted by atomic mass is 10.1. The van der Waals surface area contributed by atoms with Crippen molar-refractivity contribution in [2.24, 2.45) is 0 Å². The molecule has 0 saturated carbocycles. The van der Waals surface area contributed by atoms with Gasteiger partial charge >= 0.3 is 6.18 Å². The third kappa shape index (κ3) is 4.03. The van der Waals surface area contributed by atoms with E-state index < -0.39 is 17.6 Å². The first-order chi connectivity index (χ1) is 11.8. The maximum atomic E-state index is 12.8. The Morgan fingerprint density at radius 1 is 1.00 bits per heavy atom. The minimum atomic E-state index is -4.45. The van der Waals surface area contributed by atoms with Crippen LogP contribution < -0.4 is 5.32 Å². The van der Waals surface area contributed by atoms with E-state index in [0.29, 0.717) is 10.7 Å². The summed E-state index contributed by atoms with van der Waals surface area (Å²) in [5.74, 6) is -0.379. The molecule has 0 aliphatic rings. The van der Waals surface area contributed by atoms with E-state index in [1.54, 1.807) is 24.3 Å². The maximum absolute atomic E-state index is 12.8. The van der Waals surface area contributed by atoms with Gasteiger partial charge in [0.1, 0.15) is 5.76 Å². The number of rotatable bonds is 3. The summed E-state index contributed by atoms with van der Waals surface area (Å²) >= 11 is 5.84. The number of carbonyl (C=O) groups is 1. The molecule has 3 nitrogen and oxygen atoms in total. The quantitative estimate of drug-likeness (QED) is 0.630. The van der Waals surface area contributed by atoms with Gasteiger partial charge in [-0.05, 0) is 42.5 Å². The molecule has 0 spiro atoms. The Labute approximate surface area is 146 Å². The van der Waals surface area contributed by atoms with Gasteiger partial charge in [0.15, 0.2) is 5.76 Å². The summed E-state index contributed by atoms with van der Waals surface area (Å²) in [7, 11) is 0. The van der Waals surface area contributed by atoms with Crippen LogP contribution in [0.25, 0.3) is 11.3 Å². The highest BCUT2D eigenvalue weighted by Gasteiger charge is 2.30. The van der Waals surface area contributed by atoms with Crippen LogP contribution in [0.4, 0.5) is 18.9 Å². The highest BCUT2D eigenvalue weighted by Crippen LogP contribution is 2.32. The van der Waals surface area contributed by atoms with Gasteiger partial charge in [0.05, 0.1) is 5.56 Å². The number of benzene rings is 2. The number of hydrogen-bond donors (Lipinski definition) is 1. The number of alkyl halides is 3. The van der Waals surface area contributed by atoms with E-state index in [0.717, 1.165) is 12.1 Å². The van der Waals surface area contributed by atoms with Crippen LogP contribution >= 0.6 is 11.6 Å². The maximum Gasteiger partial charge on any atom is 0.416 e. The topological polar surface area (TPSA) is 42.2 Å². The van der Waals surface area contributed by atoms with E-state index in [4.69, 9.17) is 16.0 Å². The summed E-state index contributed by atoms with van der Waals surface area (Å²) < 4.78 is 43.7. The molecule has 0 fully saturated rings. The van der Waals surface area contributed by atoms with Crippen LogP contribution in [0, 0.1) is 0 Å². The van der Waals surface area contributed by atoms with E-state index in [1.807, 2.05) is 0 Å². The molecule has 1 N–H and O–H groups in total. The molecule has 3 aromatic rings. The van der Waals surface area contributed by atoms with Crippen molar-refractivity contribution in [2.45, 2.75) is 6.18 Å². The molecule has 1 amide bonds. The normalized spacial score (nSPS) is 11.4. The summed E-state index contributed by atoms with van der Waals surface area (Å²) in [6.07, 6.45) is -4.45. The Morgan fingerprint density at radius 3 is 2.48 bits per heavy atom. The molecule has 0 unspecified atom stereocenters. The van der Waals surface area contributed by atoms with E-state index in [-0.39, 0.29) is 17.1 Å². The monoisotopic (exact) mass is 365 g/mol. The summed E-state index contributed by atoms with van der Waals surface area (Å²) in [4.78, 5) is 12.2. The lowest BCUT2D eigenvalue weighted by Gasteiger charge is -2.07. The van der Waals surface area contributed by atoms with Crippen molar-refractivity contribution in [3.8, 4) is 11.3 Å². The number of hydrogen-bond acceptors (Lipinski definition) is 2. The number of amides is 1. The number of carbonyl (C=O) groups excluding carboxylic acids is 1. The molecular weight excluding hydrogens is 355 g/mol. The number of anilines is 1. The zero-order valence-corrected chi connectivity index (χ0v) is 13.4. The first-order valence-corrected chi connectivity index (χ1v) is 7.55. The lowest BCUT2D eigenvalue weighted by Crippen LogP contribution is -2.10. The molecule has 1 heterocycles. The third-order valence-electron chi connectivity index (χ3n) is 3.39. The zero-order chi connectivity index (χ0) is 18.0. The first kappa shape index (κ1) is 17.1. The predicted molar refractivity (Wildman–Crippen MR) is 88.6 cm³/mol. The Kier molecular flexibility index (Phi) is 4.55. The highest BCUT2D eigenvalue weighted by molar-refractivity contribution is 6.30. The molecule has 0 aliphatic carbocycles. The van der Waals surface area contributed by atoms with Crippen molar-refractivity contribution < 1.29 is 22.4 Å². The van der Waals surface area contributed by atoms with Gasteiger partial charge in [0.25, 0.3) is 5.91 Å². The fourth-order valence-corrected chi connectivity index (χ4v) is 2.41. The van der Waals surface area contributed by atoms with Crippen molar-refractivity contribution in [3.05, 3.63) is 77.0 Å². The van der Waals surface area contributed by atoms with E-state index >= 15 is 0 Å². The Bertz CT molecular complexity index is 918. The smallest absolute Gasteiger partial charge is 0.416 e. The largest absolute Gasteiger partial charge is 0.451 e. The summed E-state index contributed by atoms with van der Waals surface area (Å²) in [5.41, 5.74) is -0.0718. The van der Waals surface area contributed by atoms with Gasteiger partial charge in [0, 0.05) is 16.3 Å². The zero-order valence-electron chi connectivity index (χ0n) is 12.6. The van der Waals surface area contributed by atoms with E-state index in [1.165, 1.54) is 24.3 Å². The van der Waals surface area contributed by atoms with Crippen molar-refractivity contribution in [1.29, 1.82) is 0 Å². The molecule has 0 bridgehead atoms. The van der Waals surface area contributed by atoms with Crippen molar-refractivity contribution in [1.82, 2.24) is 0 Å².